The van der Waals surface area contributed by atoms with E-state index in [0.29, 0.717) is 18.9 Å². The van der Waals surface area contributed by atoms with Crippen molar-refractivity contribution in [1.29, 1.82) is 0 Å². The number of rotatable bonds is 4. The summed E-state index contributed by atoms with van der Waals surface area (Å²) in [5, 5.41) is 2.91. The fourth-order valence-corrected chi connectivity index (χ4v) is 3.75. The van der Waals surface area contributed by atoms with Crippen LogP contribution < -0.4 is 5.32 Å². The molecule has 21 heavy (non-hydrogen) atoms. The summed E-state index contributed by atoms with van der Waals surface area (Å²) in [7, 11) is 0. The minimum Gasteiger partial charge on any atom is -0.376 e. The topological polar surface area (TPSA) is 58.6 Å². The zero-order chi connectivity index (χ0) is 15.1. The largest absolute Gasteiger partial charge is 0.376 e. The number of hydrogen-bond donors (Lipinski definition) is 1. The maximum absolute atomic E-state index is 12.9. The third kappa shape index (κ3) is 2.56. The smallest absolute Gasteiger partial charge is 0.246 e. The second-order valence-corrected chi connectivity index (χ2v) is 6.93. The molecule has 0 aromatic heterocycles. The Bertz CT molecular complexity index is 433. The van der Waals surface area contributed by atoms with Gasteiger partial charge in [0.1, 0.15) is 12.1 Å². The van der Waals surface area contributed by atoms with Gasteiger partial charge in [0.2, 0.25) is 11.8 Å². The van der Waals surface area contributed by atoms with Gasteiger partial charge >= 0.3 is 0 Å². The molecular formula is C16H26N2O3. The molecular weight excluding hydrogens is 268 g/mol. The van der Waals surface area contributed by atoms with Gasteiger partial charge in [-0.2, -0.15) is 0 Å². The van der Waals surface area contributed by atoms with Crippen LogP contribution in [-0.2, 0) is 14.3 Å². The molecule has 0 radical (unpaired) electrons. The molecule has 0 aromatic rings. The molecule has 0 bridgehead atoms. The molecule has 4 unspecified atom stereocenters. The first-order valence-electron chi connectivity index (χ1n) is 8.28. The van der Waals surface area contributed by atoms with E-state index in [4.69, 9.17) is 4.74 Å². The van der Waals surface area contributed by atoms with Gasteiger partial charge in [0.25, 0.3) is 0 Å². The third-order valence-electron chi connectivity index (χ3n) is 5.06. The van der Waals surface area contributed by atoms with E-state index in [9.17, 15) is 9.59 Å². The maximum Gasteiger partial charge on any atom is 0.246 e. The third-order valence-corrected chi connectivity index (χ3v) is 5.06. The van der Waals surface area contributed by atoms with E-state index in [1.54, 1.807) is 0 Å². The van der Waals surface area contributed by atoms with Crippen molar-refractivity contribution >= 4 is 11.8 Å². The lowest BCUT2D eigenvalue weighted by molar-refractivity contribution is -0.155. The van der Waals surface area contributed by atoms with Crippen LogP contribution in [0.1, 0.15) is 46.5 Å². The summed E-state index contributed by atoms with van der Waals surface area (Å²) < 4.78 is 5.89. The van der Waals surface area contributed by atoms with E-state index >= 15 is 0 Å². The van der Waals surface area contributed by atoms with Crippen molar-refractivity contribution in [3.63, 3.8) is 0 Å². The molecule has 1 aliphatic carbocycles. The van der Waals surface area contributed by atoms with Gasteiger partial charge in [0.05, 0.1) is 12.1 Å². The van der Waals surface area contributed by atoms with Crippen molar-refractivity contribution in [2.75, 3.05) is 6.61 Å². The molecule has 4 atom stereocenters. The Morgan fingerprint density at radius 2 is 2.00 bits per heavy atom. The SMILES string of the molecule is CCC1C(=O)NC(C(C)C)C(=O)N1C1CCOC1C1CC1. The van der Waals surface area contributed by atoms with Gasteiger partial charge in [-0.3, -0.25) is 9.59 Å². The van der Waals surface area contributed by atoms with E-state index in [2.05, 4.69) is 5.32 Å². The quantitative estimate of drug-likeness (QED) is 0.850. The standard InChI is InChI=1S/C16H26N2O3/c1-4-11-15(19)17-13(9(2)3)16(20)18(11)12-7-8-21-14(12)10-5-6-10/h9-14H,4-8H2,1-3H3,(H,17,19). The highest BCUT2D eigenvalue weighted by atomic mass is 16.5. The Kier molecular flexibility index (Phi) is 3.95. The van der Waals surface area contributed by atoms with Gasteiger partial charge < -0.3 is 15.0 Å². The number of carbonyl (C=O) groups excluding carboxylic acids is 2. The van der Waals surface area contributed by atoms with E-state index in [0.717, 1.165) is 6.42 Å². The summed E-state index contributed by atoms with van der Waals surface area (Å²) in [4.78, 5) is 27.2. The van der Waals surface area contributed by atoms with Gasteiger partial charge in [0.15, 0.2) is 0 Å². The molecule has 2 saturated heterocycles. The summed E-state index contributed by atoms with van der Waals surface area (Å²) in [6, 6.07) is -0.636. The highest BCUT2D eigenvalue weighted by Crippen LogP contribution is 2.41. The molecule has 118 valence electrons. The summed E-state index contributed by atoms with van der Waals surface area (Å²) in [5.41, 5.74) is 0. The van der Waals surface area contributed by atoms with Gasteiger partial charge in [-0.25, -0.2) is 0 Å². The van der Waals surface area contributed by atoms with Crippen LogP contribution in [0, 0.1) is 11.8 Å². The van der Waals surface area contributed by atoms with Crippen molar-refractivity contribution < 1.29 is 14.3 Å². The van der Waals surface area contributed by atoms with Crippen LogP contribution in [-0.4, -0.2) is 47.6 Å². The Hall–Kier alpha value is -1.10. The molecule has 0 spiro atoms. The Balaban J connectivity index is 1.87. The molecule has 5 heteroatoms. The summed E-state index contributed by atoms with van der Waals surface area (Å²) in [6.45, 7) is 6.65. The van der Waals surface area contributed by atoms with Gasteiger partial charge in [-0.1, -0.05) is 20.8 Å². The zero-order valence-corrected chi connectivity index (χ0v) is 13.2. The molecule has 2 amide bonds. The fourth-order valence-electron chi connectivity index (χ4n) is 3.75. The second kappa shape index (κ2) is 5.59. The number of carbonyl (C=O) groups is 2. The Labute approximate surface area is 126 Å². The lowest BCUT2D eigenvalue weighted by Crippen LogP contribution is -2.67. The molecule has 3 rings (SSSR count). The first kappa shape index (κ1) is 14.8. The average Bonchev–Trinajstić information content (AvgIpc) is 3.18. The van der Waals surface area contributed by atoms with Crippen molar-refractivity contribution in [1.82, 2.24) is 10.2 Å². The van der Waals surface area contributed by atoms with Gasteiger partial charge in [-0.15, -0.1) is 0 Å². The highest BCUT2D eigenvalue weighted by molar-refractivity contribution is 5.97. The Morgan fingerprint density at radius 3 is 2.57 bits per heavy atom. The highest BCUT2D eigenvalue weighted by Gasteiger charge is 2.50. The summed E-state index contributed by atoms with van der Waals surface area (Å²) in [6.07, 6.45) is 4.05. The molecule has 1 saturated carbocycles. The monoisotopic (exact) mass is 294 g/mol. The first-order chi connectivity index (χ1) is 10.0. The van der Waals surface area contributed by atoms with Gasteiger partial charge in [0, 0.05) is 6.61 Å². The average molecular weight is 294 g/mol. The van der Waals surface area contributed by atoms with E-state index < -0.39 is 0 Å². The zero-order valence-electron chi connectivity index (χ0n) is 13.2. The fraction of sp³-hybridized carbons (Fsp3) is 0.875. The lowest BCUT2D eigenvalue weighted by atomic mass is 9.92. The maximum atomic E-state index is 12.9. The first-order valence-corrected chi connectivity index (χ1v) is 8.28. The van der Waals surface area contributed by atoms with Crippen LogP contribution in [0.3, 0.4) is 0 Å². The van der Waals surface area contributed by atoms with Crippen LogP contribution in [0.25, 0.3) is 0 Å². The predicted molar refractivity (Wildman–Crippen MR) is 78.6 cm³/mol. The molecule has 0 aromatic carbocycles. The number of hydrogen-bond acceptors (Lipinski definition) is 3. The number of piperazine rings is 1. The molecule has 5 nitrogen and oxygen atoms in total. The van der Waals surface area contributed by atoms with Gasteiger partial charge in [-0.05, 0) is 37.5 Å². The van der Waals surface area contributed by atoms with E-state index in [1.807, 2.05) is 25.7 Å². The number of nitrogens with one attached hydrogen (secondary N) is 1. The minimum atomic E-state index is -0.388. The second-order valence-electron chi connectivity index (χ2n) is 6.93. The van der Waals surface area contributed by atoms with Crippen LogP contribution in [0.4, 0.5) is 0 Å². The van der Waals surface area contributed by atoms with E-state index in [1.165, 1.54) is 12.8 Å². The van der Waals surface area contributed by atoms with Crippen LogP contribution >= 0.6 is 0 Å². The van der Waals surface area contributed by atoms with Crippen molar-refractivity contribution in [3.05, 3.63) is 0 Å². The van der Waals surface area contributed by atoms with Crippen LogP contribution in [0.2, 0.25) is 0 Å². The summed E-state index contributed by atoms with van der Waals surface area (Å²) >= 11 is 0. The summed E-state index contributed by atoms with van der Waals surface area (Å²) in [5.74, 6) is 0.781. The molecule has 1 N–H and O–H groups in total. The molecule has 2 aliphatic heterocycles. The van der Waals surface area contributed by atoms with Crippen LogP contribution in [0.5, 0.6) is 0 Å². The predicted octanol–water partition coefficient (Wildman–Crippen LogP) is 1.32. The normalized spacial score (nSPS) is 37.2. The number of nitrogens with zero attached hydrogens (tertiary/aromatic N) is 1. The van der Waals surface area contributed by atoms with Crippen molar-refractivity contribution in [2.24, 2.45) is 11.8 Å². The van der Waals surface area contributed by atoms with Crippen molar-refractivity contribution in [3.8, 4) is 0 Å². The van der Waals surface area contributed by atoms with Crippen molar-refractivity contribution in [2.45, 2.75) is 70.7 Å². The minimum absolute atomic E-state index is 0.00255. The Morgan fingerprint density at radius 1 is 1.29 bits per heavy atom. The lowest BCUT2D eigenvalue weighted by Gasteiger charge is -2.44. The molecule has 2 heterocycles. The molecule has 3 fully saturated rings. The van der Waals surface area contributed by atoms with E-state index in [-0.39, 0.29) is 42.0 Å². The van der Waals surface area contributed by atoms with Crippen LogP contribution in [0.15, 0.2) is 0 Å². The number of ether oxygens (including phenoxy) is 1. The number of amides is 2. The molecule has 3 aliphatic rings.